The third-order valence-corrected chi connectivity index (χ3v) is 9.44. The molecule has 4 aromatic rings. The molecule has 6 rings (SSSR count). The van der Waals surface area contributed by atoms with Crippen LogP contribution in [0.25, 0.3) is 0 Å². The summed E-state index contributed by atoms with van der Waals surface area (Å²) < 4.78 is 11.3. The van der Waals surface area contributed by atoms with Crippen molar-refractivity contribution in [2.45, 2.75) is 67.8 Å². The van der Waals surface area contributed by atoms with Gasteiger partial charge >= 0.3 is 0 Å². The second-order valence-corrected chi connectivity index (χ2v) is 13.1. The molecule has 13 heteroatoms. The van der Waals surface area contributed by atoms with Gasteiger partial charge < -0.3 is 55.9 Å². The van der Waals surface area contributed by atoms with Crippen LogP contribution in [0.1, 0.15) is 61.6 Å². The van der Waals surface area contributed by atoms with E-state index in [1.807, 2.05) is 24.3 Å². The molecule has 2 aliphatic heterocycles. The fraction of sp³-hybridized carbons (Fsp3) is 0.333. The molecule has 9 atom stereocenters. The zero-order valence-corrected chi connectivity index (χ0v) is 28.0. The highest BCUT2D eigenvalue weighted by molar-refractivity contribution is 6.05. The molecular formula is C39H42N2O11. The number of aliphatic hydroxyl groups excluding tert-OH is 7. The number of carbonyl (C=O) groups excluding carboxylic acids is 2. The summed E-state index contributed by atoms with van der Waals surface area (Å²) in [5.74, 6) is -0.754. The first kappa shape index (κ1) is 37.2. The van der Waals surface area contributed by atoms with E-state index in [1.54, 1.807) is 66.7 Å². The van der Waals surface area contributed by atoms with Gasteiger partial charge in [-0.25, -0.2) is 0 Å². The Hall–Kier alpha value is -4.54. The number of carbonyl (C=O) groups is 2. The van der Waals surface area contributed by atoms with E-state index in [2.05, 4.69) is 10.6 Å². The van der Waals surface area contributed by atoms with Crippen LogP contribution in [-0.2, 0) is 15.9 Å². The number of nitrogens with one attached hydrogen (secondary N) is 2. The highest BCUT2D eigenvalue weighted by atomic mass is 16.5. The van der Waals surface area contributed by atoms with Gasteiger partial charge in [0.05, 0.1) is 25.4 Å². The highest BCUT2D eigenvalue weighted by Gasteiger charge is 2.44. The number of amides is 2. The number of hydrogen-bond donors (Lipinski definition) is 9. The zero-order valence-electron chi connectivity index (χ0n) is 28.0. The molecule has 2 fully saturated rings. The monoisotopic (exact) mass is 714 g/mol. The number of aliphatic hydroxyl groups is 7. The van der Waals surface area contributed by atoms with Gasteiger partial charge in [0.15, 0.2) is 0 Å². The van der Waals surface area contributed by atoms with Gasteiger partial charge in [-0.3, -0.25) is 9.59 Å². The Morgan fingerprint density at radius 2 is 1.06 bits per heavy atom. The van der Waals surface area contributed by atoms with Gasteiger partial charge in [0.2, 0.25) is 0 Å². The van der Waals surface area contributed by atoms with Crippen LogP contribution in [0.2, 0.25) is 0 Å². The molecule has 0 bridgehead atoms. The topological polar surface area (TPSA) is 218 Å². The van der Waals surface area contributed by atoms with Gasteiger partial charge in [-0.1, -0.05) is 48.5 Å². The molecule has 2 aliphatic rings. The standard InChI is InChI=1S/C39H42N2O11/c42-19-31-29(44)18-30(45)36(51-31)23-3-1-5-25(16-23)38(49)40-27-11-7-21(8-12-27)15-22-9-13-28(14-10-22)41-39(50)26-6-2-4-24(17-26)37-35(48)34(47)33(46)32(20-43)52-37/h1-14,16-17,29-37,42-48H,15,18-20H2,(H,40,49)(H,41,50)/t29?,30-,31+,32?,33+,34?,35?,36?,37+/m0/s1. The largest absolute Gasteiger partial charge is 0.394 e. The molecule has 52 heavy (non-hydrogen) atoms. The van der Waals surface area contributed by atoms with E-state index >= 15 is 0 Å². The molecule has 2 amide bonds. The maximum atomic E-state index is 13.1. The number of ether oxygens (including phenoxy) is 2. The van der Waals surface area contributed by atoms with E-state index in [9.17, 15) is 45.3 Å². The highest BCUT2D eigenvalue weighted by Crippen LogP contribution is 2.34. The summed E-state index contributed by atoms with van der Waals surface area (Å²) in [4.78, 5) is 26.1. The van der Waals surface area contributed by atoms with E-state index in [0.29, 0.717) is 34.5 Å². The quantitative estimate of drug-likeness (QED) is 0.115. The Bertz CT molecular complexity index is 1830. The van der Waals surface area contributed by atoms with Crippen LogP contribution in [-0.4, -0.2) is 104 Å². The zero-order chi connectivity index (χ0) is 36.9. The first-order valence-corrected chi connectivity index (χ1v) is 17.0. The summed E-state index contributed by atoms with van der Waals surface area (Å²) >= 11 is 0. The summed E-state index contributed by atoms with van der Waals surface area (Å²) in [6.45, 7) is -0.939. The van der Waals surface area contributed by atoms with Crippen molar-refractivity contribution >= 4 is 23.2 Å². The third-order valence-electron chi connectivity index (χ3n) is 9.44. The van der Waals surface area contributed by atoms with Crippen molar-refractivity contribution in [2.24, 2.45) is 0 Å². The summed E-state index contributed by atoms with van der Waals surface area (Å²) in [5, 5.41) is 75.9. The molecule has 13 nitrogen and oxygen atoms in total. The Morgan fingerprint density at radius 3 is 1.56 bits per heavy atom. The molecule has 0 aromatic heterocycles. The van der Waals surface area contributed by atoms with Gasteiger partial charge in [0.1, 0.15) is 42.7 Å². The SMILES string of the molecule is O=C(Nc1ccc(Cc2ccc(NC(=O)c3cccc([C@H]4OC(CO)[C@@H](O)C(O)C4O)c3)cc2)cc1)c1cccc(C2O[C@H](CO)C(O)C[C@@H]2O)c1. The normalized spacial score (nSPS) is 27.5. The minimum atomic E-state index is -1.53. The van der Waals surface area contributed by atoms with E-state index < -0.39 is 67.4 Å². The van der Waals surface area contributed by atoms with Crippen LogP contribution >= 0.6 is 0 Å². The smallest absolute Gasteiger partial charge is 0.255 e. The molecule has 2 saturated heterocycles. The molecule has 5 unspecified atom stereocenters. The molecule has 2 heterocycles. The van der Waals surface area contributed by atoms with Gasteiger partial charge in [-0.05, 0) is 77.2 Å². The molecule has 0 spiro atoms. The van der Waals surface area contributed by atoms with Crippen molar-refractivity contribution in [2.75, 3.05) is 23.8 Å². The molecule has 274 valence electrons. The van der Waals surface area contributed by atoms with E-state index in [4.69, 9.17) is 9.47 Å². The van der Waals surface area contributed by atoms with Crippen molar-refractivity contribution in [3.05, 3.63) is 130 Å². The van der Waals surface area contributed by atoms with Crippen LogP contribution in [0.3, 0.4) is 0 Å². The van der Waals surface area contributed by atoms with E-state index in [1.165, 1.54) is 6.07 Å². The van der Waals surface area contributed by atoms with Gasteiger partial charge in [0, 0.05) is 28.9 Å². The minimum absolute atomic E-state index is 0.0494. The van der Waals surface area contributed by atoms with Crippen LogP contribution in [0.15, 0.2) is 97.1 Å². The lowest BCUT2D eigenvalue weighted by atomic mass is 9.90. The lowest BCUT2D eigenvalue weighted by Gasteiger charge is -2.40. The fourth-order valence-electron chi connectivity index (χ4n) is 6.50. The summed E-state index contributed by atoms with van der Waals surface area (Å²) in [6, 6.07) is 27.8. The summed E-state index contributed by atoms with van der Waals surface area (Å²) in [6.07, 6.45) is -9.52. The molecule has 4 aromatic carbocycles. The van der Waals surface area contributed by atoms with Gasteiger partial charge in [-0.15, -0.1) is 0 Å². The number of hydrogen-bond acceptors (Lipinski definition) is 11. The predicted octanol–water partition coefficient (Wildman–Crippen LogP) is 1.84. The first-order valence-electron chi connectivity index (χ1n) is 17.0. The van der Waals surface area contributed by atoms with Crippen molar-refractivity contribution in [1.29, 1.82) is 0 Å². The van der Waals surface area contributed by atoms with Crippen LogP contribution in [0, 0.1) is 0 Å². The predicted molar refractivity (Wildman–Crippen MR) is 189 cm³/mol. The van der Waals surface area contributed by atoms with Gasteiger partial charge in [-0.2, -0.15) is 0 Å². The van der Waals surface area contributed by atoms with Crippen LogP contribution < -0.4 is 10.6 Å². The Balaban J connectivity index is 1.03. The molecular weight excluding hydrogens is 672 g/mol. The van der Waals surface area contributed by atoms with Crippen molar-refractivity contribution in [3.8, 4) is 0 Å². The van der Waals surface area contributed by atoms with Crippen LogP contribution in [0.5, 0.6) is 0 Å². The third kappa shape index (κ3) is 8.40. The van der Waals surface area contributed by atoms with Crippen molar-refractivity contribution < 1.29 is 54.8 Å². The number of benzene rings is 4. The molecule has 9 N–H and O–H groups in total. The molecule has 0 saturated carbocycles. The second kappa shape index (κ2) is 16.4. The van der Waals surface area contributed by atoms with Crippen LogP contribution in [0.4, 0.5) is 11.4 Å². The molecule has 0 radical (unpaired) electrons. The second-order valence-electron chi connectivity index (χ2n) is 13.1. The first-order chi connectivity index (χ1) is 25.0. The Morgan fingerprint density at radius 1 is 0.577 bits per heavy atom. The lowest BCUT2D eigenvalue weighted by Crippen LogP contribution is -2.55. The average molecular weight is 715 g/mol. The maximum absolute atomic E-state index is 13.1. The Labute approximate surface area is 299 Å². The van der Waals surface area contributed by atoms with E-state index in [0.717, 1.165) is 11.1 Å². The minimum Gasteiger partial charge on any atom is -0.394 e. The lowest BCUT2D eigenvalue weighted by molar-refractivity contribution is -0.231. The fourth-order valence-corrected chi connectivity index (χ4v) is 6.50. The summed E-state index contributed by atoms with van der Waals surface area (Å²) in [5.41, 5.74) is 4.74. The van der Waals surface area contributed by atoms with Gasteiger partial charge in [0.25, 0.3) is 11.8 Å². The average Bonchev–Trinajstić information content (AvgIpc) is 3.15. The Kier molecular flexibility index (Phi) is 11.8. The number of anilines is 2. The molecule has 0 aliphatic carbocycles. The number of rotatable bonds is 10. The van der Waals surface area contributed by atoms with E-state index in [-0.39, 0.29) is 24.5 Å². The summed E-state index contributed by atoms with van der Waals surface area (Å²) in [7, 11) is 0. The van der Waals surface area contributed by atoms with Crippen molar-refractivity contribution in [1.82, 2.24) is 0 Å². The maximum Gasteiger partial charge on any atom is 0.255 e. The van der Waals surface area contributed by atoms with Crippen molar-refractivity contribution in [3.63, 3.8) is 0 Å².